The van der Waals surface area contributed by atoms with Gasteiger partial charge in [0.15, 0.2) is 0 Å². The maximum atomic E-state index is 12.1. The number of phosphoric ester groups is 1. The lowest BCUT2D eigenvalue weighted by molar-refractivity contribution is -0.220. The van der Waals surface area contributed by atoms with Crippen molar-refractivity contribution in [3.63, 3.8) is 0 Å². The molecule has 11 atom stereocenters. The average molecular weight is 571 g/mol. The van der Waals surface area contributed by atoms with Gasteiger partial charge in [-0.05, 0) is 37.0 Å². The van der Waals surface area contributed by atoms with Crippen molar-refractivity contribution in [2.45, 2.75) is 127 Å². The van der Waals surface area contributed by atoms with E-state index in [1.807, 2.05) is 0 Å². The van der Waals surface area contributed by atoms with Crippen LogP contribution < -0.4 is 0 Å². The molecule has 0 heterocycles. The molecule has 2 rings (SSSR count). The Bertz CT molecular complexity index is 682. The van der Waals surface area contributed by atoms with Crippen LogP contribution in [0.4, 0.5) is 0 Å². The summed E-state index contributed by atoms with van der Waals surface area (Å²) in [6, 6.07) is 0. The minimum absolute atomic E-state index is 0.114. The molecule has 0 amide bonds. The van der Waals surface area contributed by atoms with Crippen LogP contribution in [0.25, 0.3) is 0 Å². The highest BCUT2D eigenvalue weighted by Gasteiger charge is 2.51. The van der Waals surface area contributed by atoms with Crippen molar-refractivity contribution in [2.24, 2.45) is 17.8 Å². The Labute approximate surface area is 226 Å². The maximum Gasteiger partial charge on any atom is 0.472 e. The number of aliphatic hydroxyl groups is 6. The molecule has 0 saturated heterocycles. The van der Waals surface area contributed by atoms with Gasteiger partial charge in [-0.2, -0.15) is 0 Å². The fourth-order valence-electron chi connectivity index (χ4n) is 5.47. The molecule has 2 fully saturated rings. The lowest BCUT2D eigenvalue weighted by atomic mass is 9.85. The minimum Gasteiger partial charge on any atom is -0.388 e. The Morgan fingerprint density at radius 2 is 1.24 bits per heavy atom. The van der Waals surface area contributed by atoms with Gasteiger partial charge in [-0.1, -0.05) is 65.2 Å². The Morgan fingerprint density at radius 3 is 1.82 bits per heavy atom. The minimum atomic E-state index is -4.88. The third-order valence-corrected chi connectivity index (χ3v) is 9.03. The van der Waals surface area contributed by atoms with E-state index in [0.717, 1.165) is 37.0 Å². The second kappa shape index (κ2) is 16.9. The largest absolute Gasteiger partial charge is 0.472 e. The van der Waals surface area contributed by atoms with Crippen molar-refractivity contribution < 1.29 is 53.9 Å². The van der Waals surface area contributed by atoms with Crippen LogP contribution in [0.1, 0.15) is 84.5 Å². The number of hydrogen-bond donors (Lipinski definition) is 7. The van der Waals surface area contributed by atoms with Crippen molar-refractivity contribution in [1.82, 2.24) is 0 Å². The lowest BCUT2D eigenvalue weighted by Crippen LogP contribution is -2.64. The molecule has 0 aromatic rings. The van der Waals surface area contributed by atoms with Gasteiger partial charge in [0.05, 0.1) is 13.2 Å². The molecule has 2 aliphatic rings. The first-order chi connectivity index (χ1) is 18.0. The summed E-state index contributed by atoms with van der Waals surface area (Å²) < 4.78 is 26.9. The number of hydrogen-bond acceptors (Lipinski definition) is 10. The van der Waals surface area contributed by atoms with Gasteiger partial charge in [0.25, 0.3) is 0 Å². The second-order valence-corrected chi connectivity index (χ2v) is 12.5. The summed E-state index contributed by atoms with van der Waals surface area (Å²) in [6.45, 7) is 4.37. The predicted octanol–water partition coefficient (Wildman–Crippen LogP) is 1.88. The topological polar surface area (TPSA) is 186 Å². The highest BCUT2D eigenvalue weighted by Crippen LogP contribution is 2.52. The van der Waals surface area contributed by atoms with E-state index in [-0.39, 0.29) is 6.61 Å². The van der Waals surface area contributed by atoms with Gasteiger partial charge in [0.2, 0.25) is 0 Å². The van der Waals surface area contributed by atoms with E-state index in [4.69, 9.17) is 13.8 Å². The molecule has 38 heavy (non-hydrogen) atoms. The standard InChI is InChI=1S/C26H51O11P/c1-3-4-5-9-12-19-17(2)20(19)13-10-7-6-8-11-14-35-15-18(27)16-36-38(33,34)37-26-24(31)22(29)21(28)23(30)25(26)32/h17-32H,3-16H2,1-2H3,(H,33,34)/t17?,18-,19?,20?,21?,22-,23+,24-,25-,26?/m0/s1. The number of rotatable bonds is 20. The molecule has 11 nitrogen and oxygen atoms in total. The average Bonchev–Trinajstić information content (AvgIpc) is 3.51. The molecule has 2 aliphatic carbocycles. The Hall–Kier alpha value is -0.170. The zero-order valence-corrected chi connectivity index (χ0v) is 23.8. The molecule has 0 radical (unpaired) electrons. The smallest absolute Gasteiger partial charge is 0.388 e. The maximum absolute atomic E-state index is 12.1. The summed E-state index contributed by atoms with van der Waals surface area (Å²) in [7, 11) is -4.88. The number of ether oxygens (including phenoxy) is 1. The lowest BCUT2D eigenvalue weighted by Gasteiger charge is -2.41. The Balaban J connectivity index is 1.48. The van der Waals surface area contributed by atoms with Crippen molar-refractivity contribution >= 4 is 7.82 Å². The fourth-order valence-corrected chi connectivity index (χ4v) is 6.44. The van der Waals surface area contributed by atoms with E-state index in [1.54, 1.807) is 0 Å². The highest BCUT2D eigenvalue weighted by atomic mass is 31.2. The molecule has 0 aromatic carbocycles. The molecule has 12 heteroatoms. The zero-order chi connectivity index (χ0) is 28.3. The van der Waals surface area contributed by atoms with E-state index in [0.29, 0.717) is 6.61 Å². The molecule has 6 unspecified atom stereocenters. The van der Waals surface area contributed by atoms with Crippen LogP contribution in [0.15, 0.2) is 0 Å². The van der Waals surface area contributed by atoms with E-state index >= 15 is 0 Å². The number of aliphatic hydroxyl groups excluding tert-OH is 6. The van der Waals surface area contributed by atoms with Gasteiger partial charge in [-0.15, -0.1) is 0 Å². The first-order valence-electron chi connectivity index (χ1n) is 14.3. The van der Waals surface area contributed by atoms with Crippen LogP contribution in [0.3, 0.4) is 0 Å². The van der Waals surface area contributed by atoms with Crippen molar-refractivity contribution in [1.29, 1.82) is 0 Å². The van der Waals surface area contributed by atoms with E-state index < -0.39 is 57.2 Å². The molecule has 0 bridgehead atoms. The zero-order valence-electron chi connectivity index (χ0n) is 22.9. The summed E-state index contributed by atoms with van der Waals surface area (Å²) in [6.07, 6.45) is 0.962. The second-order valence-electron chi connectivity index (χ2n) is 11.1. The molecular formula is C26H51O11P. The van der Waals surface area contributed by atoms with Crippen LogP contribution in [0, 0.1) is 17.8 Å². The molecular weight excluding hydrogens is 519 g/mol. The quantitative estimate of drug-likeness (QED) is 0.0837. The monoisotopic (exact) mass is 570 g/mol. The van der Waals surface area contributed by atoms with Crippen molar-refractivity contribution in [3.05, 3.63) is 0 Å². The van der Waals surface area contributed by atoms with Crippen LogP contribution in [0.2, 0.25) is 0 Å². The predicted molar refractivity (Wildman–Crippen MR) is 140 cm³/mol. The van der Waals surface area contributed by atoms with Gasteiger partial charge in [0.1, 0.15) is 42.7 Å². The highest BCUT2D eigenvalue weighted by molar-refractivity contribution is 7.47. The molecule has 226 valence electrons. The molecule has 0 aliphatic heterocycles. The molecule has 0 spiro atoms. The van der Waals surface area contributed by atoms with Crippen molar-refractivity contribution in [3.8, 4) is 0 Å². The third kappa shape index (κ3) is 11.0. The Kier molecular flexibility index (Phi) is 15.2. The van der Waals surface area contributed by atoms with E-state index in [1.165, 1.54) is 51.4 Å². The van der Waals surface area contributed by atoms with Gasteiger partial charge in [-0.3, -0.25) is 9.05 Å². The Morgan fingerprint density at radius 1 is 0.737 bits per heavy atom. The molecule has 0 aromatic heterocycles. The third-order valence-electron chi connectivity index (χ3n) is 8.04. The SMILES string of the molecule is CCCCCCC1C(C)C1CCCCCCCOC[C@H](O)COP(=O)(O)OC1[C@@H](O)[C@H](O)C(O)[C@H](O)[C@@H]1O. The van der Waals surface area contributed by atoms with Crippen LogP contribution in [0.5, 0.6) is 0 Å². The number of unbranched alkanes of at least 4 members (excludes halogenated alkanes) is 7. The van der Waals surface area contributed by atoms with Crippen LogP contribution >= 0.6 is 7.82 Å². The van der Waals surface area contributed by atoms with E-state index in [9.17, 15) is 40.1 Å². The summed E-state index contributed by atoms with van der Waals surface area (Å²) in [5, 5.41) is 58.7. The van der Waals surface area contributed by atoms with E-state index in [2.05, 4.69) is 13.8 Å². The summed E-state index contributed by atoms with van der Waals surface area (Å²) in [5.41, 5.74) is 0. The van der Waals surface area contributed by atoms with Gasteiger partial charge < -0.3 is 40.3 Å². The fraction of sp³-hybridized carbons (Fsp3) is 1.00. The molecule has 2 saturated carbocycles. The first-order valence-corrected chi connectivity index (χ1v) is 15.8. The number of phosphoric acid groups is 1. The van der Waals surface area contributed by atoms with Crippen molar-refractivity contribution in [2.75, 3.05) is 19.8 Å². The van der Waals surface area contributed by atoms with Gasteiger partial charge in [0, 0.05) is 6.61 Å². The normalized spacial score (nSPS) is 35.7. The first kappa shape index (κ1) is 34.0. The van der Waals surface area contributed by atoms with Gasteiger partial charge >= 0.3 is 7.82 Å². The molecule has 7 N–H and O–H groups in total. The summed E-state index contributed by atoms with van der Waals surface area (Å²) in [5.74, 6) is 2.77. The van der Waals surface area contributed by atoms with Crippen LogP contribution in [-0.4, -0.2) is 98.1 Å². The van der Waals surface area contributed by atoms with Gasteiger partial charge in [-0.25, -0.2) is 4.57 Å². The van der Waals surface area contributed by atoms with Crippen LogP contribution in [-0.2, 0) is 18.3 Å². The summed E-state index contributed by atoms with van der Waals surface area (Å²) >= 11 is 0. The summed E-state index contributed by atoms with van der Waals surface area (Å²) in [4.78, 5) is 9.84.